The molecule has 112 valence electrons. The number of nitrogens with zero attached hydrogens (tertiary/aromatic N) is 1. The molecule has 2 amide bonds. The first-order chi connectivity index (χ1) is 9.24. The van der Waals surface area contributed by atoms with Gasteiger partial charge in [0.2, 0.25) is 12.3 Å². The summed E-state index contributed by atoms with van der Waals surface area (Å²) in [6, 6.07) is 0. The van der Waals surface area contributed by atoms with Crippen LogP contribution >= 0.6 is 0 Å². The third kappa shape index (κ3) is 6.26. The first-order valence-electron chi connectivity index (χ1n) is 6.36. The first kappa shape index (κ1) is 18.0. The van der Waals surface area contributed by atoms with Gasteiger partial charge in [-0.1, -0.05) is 20.8 Å². The van der Waals surface area contributed by atoms with Crippen molar-refractivity contribution in [1.82, 2.24) is 4.90 Å². The number of allylic oxidation sites excluding steroid dienone is 1. The molecule has 0 unspecified atom stereocenters. The summed E-state index contributed by atoms with van der Waals surface area (Å²) in [5, 5.41) is 0. The van der Waals surface area contributed by atoms with Crippen molar-refractivity contribution in [3.05, 3.63) is 12.2 Å². The van der Waals surface area contributed by atoms with Crippen molar-refractivity contribution in [3.63, 3.8) is 0 Å². The fraction of sp³-hybridized carbons (Fsp3) is 0.571. The van der Waals surface area contributed by atoms with Gasteiger partial charge < -0.3 is 4.74 Å². The third-order valence-corrected chi connectivity index (χ3v) is 2.88. The van der Waals surface area contributed by atoms with Gasteiger partial charge in [0.05, 0.1) is 6.54 Å². The summed E-state index contributed by atoms with van der Waals surface area (Å²) in [6.07, 6.45) is 3.12. The molecule has 0 rings (SSSR count). The Hall–Kier alpha value is -1.98. The van der Waals surface area contributed by atoms with E-state index >= 15 is 0 Å². The van der Waals surface area contributed by atoms with Crippen molar-refractivity contribution < 1.29 is 23.9 Å². The Labute approximate surface area is 118 Å². The summed E-state index contributed by atoms with van der Waals surface area (Å²) in [6.45, 7) is 6.54. The van der Waals surface area contributed by atoms with E-state index in [2.05, 4.69) is 0 Å². The number of imide groups is 1. The monoisotopic (exact) mass is 283 g/mol. The zero-order chi connectivity index (χ0) is 15.8. The smallest absolute Gasteiger partial charge is 0.330 e. The molecule has 0 aliphatic heterocycles. The number of hydrogen-bond donors (Lipinski definition) is 0. The lowest BCUT2D eigenvalue weighted by atomic mass is 9.89. The molecule has 0 atom stereocenters. The fourth-order valence-corrected chi connectivity index (χ4v) is 1.22. The maximum Gasteiger partial charge on any atom is 0.330 e. The molecule has 0 heterocycles. The summed E-state index contributed by atoms with van der Waals surface area (Å²) in [7, 11) is 0. The highest BCUT2D eigenvalue weighted by Crippen LogP contribution is 2.22. The first-order valence-corrected chi connectivity index (χ1v) is 6.36. The predicted molar refractivity (Wildman–Crippen MR) is 72.6 cm³/mol. The number of hydrogen-bond acceptors (Lipinski definition) is 5. The van der Waals surface area contributed by atoms with E-state index in [0.29, 0.717) is 12.8 Å². The van der Waals surface area contributed by atoms with Crippen LogP contribution in [-0.4, -0.2) is 42.1 Å². The maximum absolute atomic E-state index is 12.0. The zero-order valence-electron chi connectivity index (χ0n) is 12.3. The number of carbonyl (C=O) groups is 4. The second-order valence-corrected chi connectivity index (χ2v) is 4.95. The Morgan fingerprint density at radius 2 is 1.80 bits per heavy atom. The van der Waals surface area contributed by atoms with Crippen molar-refractivity contribution in [1.29, 1.82) is 0 Å². The Morgan fingerprint density at radius 1 is 1.20 bits per heavy atom. The van der Waals surface area contributed by atoms with Crippen LogP contribution in [-0.2, 0) is 23.9 Å². The number of carbonyl (C=O) groups excluding carboxylic acids is 4. The van der Waals surface area contributed by atoms with Gasteiger partial charge in [0.25, 0.3) is 0 Å². The standard InChI is InChI=1S/C14H21NO5/c1-5-14(3,4)13(19)15(10-16)8-9-20-12(18)7-6-11(2)17/h6-7,10H,5,8-9H2,1-4H3/b7-6+. The molecule has 0 spiro atoms. The Balaban J connectivity index is 4.35. The molecule has 0 aliphatic rings. The molecule has 0 aromatic heterocycles. The molecule has 0 aliphatic carbocycles. The average molecular weight is 283 g/mol. The molecule has 0 radical (unpaired) electrons. The highest BCUT2D eigenvalue weighted by atomic mass is 16.5. The summed E-state index contributed by atoms with van der Waals surface area (Å²) >= 11 is 0. The van der Waals surface area contributed by atoms with E-state index in [9.17, 15) is 19.2 Å². The maximum atomic E-state index is 12.0. The van der Waals surface area contributed by atoms with Crippen molar-refractivity contribution in [3.8, 4) is 0 Å². The molecule has 0 saturated heterocycles. The van der Waals surface area contributed by atoms with E-state index in [1.165, 1.54) is 6.92 Å². The Bertz CT molecular complexity index is 412. The Morgan fingerprint density at radius 3 is 2.25 bits per heavy atom. The number of esters is 1. The van der Waals surface area contributed by atoms with Crippen molar-refractivity contribution >= 4 is 24.1 Å². The zero-order valence-corrected chi connectivity index (χ0v) is 12.3. The molecule has 0 aromatic carbocycles. The summed E-state index contributed by atoms with van der Waals surface area (Å²) in [5.74, 6) is -1.27. The molecular formula is C14H21NO5. The van der Waals surface area contributed by atoms with Gasteiger partial charge in [0.15, 0.2) is 5.78 Å². The molecule has 6 nitrogen and oxygen atoms in total. The molecule has 0 fully saturated rings. The van der Waals surface area contributed by atoms with Gasteiger partial charge in [0, 0.05) is 11.5 Å². The van der Waals surface area contributed by atoms with Crippen LogP contribution in [0.5, 0.6) is 0 Å². The quantitative estimate of drug-likeness (QED) is 0.378. The normalized spacial score (nSPS) is 11.2. The van der Waals surface area contributed by atoms with Crippen molar-refractivity contribution in [2.75, 3.05) is 13.2 Å². The van der Waals surface area contributed by atoms with E-state index in [0.717, 1.165) is 17.1 Å². The van der Waals surface area contributed by atoms with Crippen LogP contribution in [0.15, 0.2) is 12.2 Å². The van der Waals surface area contributed by atoms with Gasteiger partial charge in [-0.25, -0.2) is 4.79 Å². The van der Waals surface area contributed by atoms with E-state index in [-0.39, 0.29) is 24.8 Å². The fourth-order valence-electron chi connectivity index (χ4n) is 1.22. The third-order valence-electron chi connectivity index (χ3n) is 2.88. The van der Waals surface area contributed by atoms with E-state index in [1.54, 1.807) is 13.8 Å². The minimum Gasteiger partial charge on any atom is -0.461 e. The van der Waals surface area contributed by atoms with Gasteiger partial charge in [0.1, 0.15) is 6.61 Å². The van der Waals surface area contributed by atoms with Crippen LogP contribution in [0, 0.1) is 5.41 Å². The lowest BCUT2D eigenvalue weighted by Crippen LogP contribution is -2.41. The second kappa shape index (κ2) is 8.24. The van der Waals surface area contributed by atoms with E-state index < -0.39 is 11.4 Å². The highest BCUT2D eigenvalue weighted by Gasteiger charge is 2.30. The van der Waals surface area contributed by atoms with Crippen LogP contribution in [0.3, 0.4) is 0 Å². The lowest BCUT2D eigenvalue weighted by Gasteiger charge is -2.26. The van der Waals surface area contributed by atoms with Crippen molar-refractivity contribution in [2.24, 2.45) is 5.41 Å². The molecule has 0 aromatic rings. The number of amides is 2. The minimum atomic E-state index is -0.687. The number of rotatable bonds is 8. The summed E-state index contributed by atoms with van der Waals surface area (Å²) < 4.78 is 4.79. The van der Waals surface area contributed by atoms with Gasteiger partial charge in [-0.05, 0) is 19.4 Å². The molecular weight excluding hydrogens is 262 g/mol. The molecule has 0 saturated carbocycles. The predicted octanol–water partition coefficient (Wildman–Crippen LogP) is 1.10. The second-order valence-electron chi connectivity index (χ2n) is 4.95. The van der Waals surface area contributed by atoms with Crippen LogP contribution in [0.2, 0.25) is 0 Å². The van der Waals surface area contributed by atoms with Crippen LogP contribution in [0.1, 0.15) is 34.1 Å². The molecule has 20 heavy (non-hydrogen) atoms. The average Bonchev–Trinajstić information content (AvgIpc) is 2.40. The molecule has 6 heteroatoms. The van der Waals surface area contributed by atoms with E-state index in [4.69, 9.17) is 4.74 Å². The van der Waals surface area contributed by atoms with Crippen LogP contribution < -0.4 is 0 Å². The SMILES string of the molecule is CCC(C)(C)C(=O)N(C=O)CCOC(=O)/C=C/C(C)=O. The summed E-state index contributed by atoms with van der Waals surface area (Å²) in [5.41, 5.74) is -0.639. The van der Waals surface area contributed by atoms with Crippen LogP contribution in [0.25, 0.3) is 0 Å². The largest absolute Gasteiger partial charge is 0.461 e. The highest BCUT2D eigenvalue weighted by molar-refractivity contribution is 5.94. The minimum absolute atomic E-state index is 0.00852. The van der Waals surface area contributed by atoms with Gasteiger partial charge in [-0.2, -0.15) is 0 Å². The lowest BCUT2D eigenvalue weighted by molar-refractivity contribution is -0.149. The number of ketones is 1. The molecule has 0 bridgehead atoms. The van der Waals surface area contributed by atoms with E-state index in [1.807, 2.05) is 6.92 Å². The van der Waals surface area contributed by atoms with Crippen molar-refractivity contribution in [2.45, 2.75) is 34.1 Å². The summed E-state index contributed by atoms with van der Waals surface area (Å²) in [4.78, 5) is 45.7. The van der Waals surface area contributed by atoms with Crippen LogP contribution in [0.4, 0.5) is 0 Å². The van der Waals surface area contributed by atoms with Gasteiger partial charge in [-0.15, -0.1) is 0 Å². The Kier molecular flexibility index (Phi) is 7.43. The van der Waals surface area contributed by atoms with Gasteiger partial charge >= 0.3 is 5.97 Å². The molecule has 0 N–H and O–H groups in total. The van der Waals surface area contributed by atoms with Gasteiger partial charge in [-0.3, -0.25) is 19.3 Å². The topological polar surface area (TPSA) is 80.8 Å². The number of ether oxygens (including phenoxy) is 1.